The molecule has 82 valence electrons. The molecule has 15 heavy (non-hydrogen) atoms. The highest BCUT2D eigenvalue weighted by molar-refractivity contribution is 6.05. The molecule has 6 nitrogen and oxygen atoms in total. The molecule has 0 aromatic rings. The van der Waals surface area contributed by atoms with Crippen LogP contribution in [-0.2, 0) is 19.1 Å². The third-order valence-electron chi connectivity index (χ3n) is 2.86. The van der Waals surface area contributed by atoms with Gasteiger partial charge >= 0.3 is 5.97 Å². The maximum absolute atomic E-state index is 11.7. The number of imide groups is 1. The van der Waals surface area contributed by atoms with Gasteiger partial charge in [-0.2, -0.15) is 0 Å². The molecule has 1 N–H and O–H groups in total. The van der Waals surface area contributed by atoms with E-state index in [1.807, 2.05) is 0 Å². The molecule has 2 saturated heterocycles. The third kappa shape index (κ3) is 1.41. The summed E-state index contributed by atoms with van der Waals surface area (Å²) in [4.78, 5) is 35.1. The Kier molecular flexibility index (Phi) is 2.22. The average molecular weight is 212 g/mol. The van der Waals surface area contributed by atoms with E-state index < -0.39 is 18.1 Å². The number of likely N-dealkylation sites (tertiary alicyclic amines) is 1. The average Bonchev–Trinajstić information content (AvgIpc) is 2.64. The number of carbonyl (C=O) groups is 3. The van der Waals surface area contributed by atoms with Crippen LogP contribution in [0.15, 0.2) is 0 Å². The lowest BCUT2D eigenvalue weighted by Gasteiger charge is -2.16. The van der Waals surface area contributed by atoms with Gasteiger partial charge in [-0.05, 0) is 0 Å². The Bertz CT molecular complexity index is 341. The van der Waals surface area contributed by atoms with Crippen LogP contribution in [0.5, 0.6) is 0 Å². The minimum Gasteiger partial charge on any atom is -0.446 e. The van der Waals surface area contributed by atoms with E-state index in [4.69, 9.17) is 4.74 Å². The van der Waals surface area contributed by atoms with Crippen LogP contribution >= 0.6 is 0 Å². The van der Waals surface area contributed by atoms with Crippen LogP contribution < -0.4 is 5.32 Å². The molecule has 2 amide bonds. The van der Waals surface area contributed by atoms with Crippen LogP contribution in [-0.4, -0.2) is 42.5 Å². The third-order valence-corrected chi connectivity index (χ3v) is 2.86. The maximum Gasteiger partial charge on any atom is 0.304 e. The van der Waals surface area contributed by atoms with Gasteiger partial charge in [0.15, 0.2) is 6.23 Å². The fourth-order valence-corrected chi connectivity index (χ4v) is 2.13. The predicted octanol–water partition coefficient (Wildman–Crippen LogP) is -1.29. The molecule has 0 radical (unpaired) electrons. The number of hydrogen-bond donors (Lipinski definition) is 1. The monoisotopic (exact) mass is 212 g/mol. The largest absolute Gasteiger partial charge is 0.446 e. The number of carbonyl (C=O) groups excluding carboxylic acids is 3. The molecule has 0 bridgehead atoms. The van der Waals surface area contributed by atoms with Crippen molar-refractivity contribution in [3.8, 4) is 0 Å². The minimum atomic E-state index is -0.658. The van der Waals surface area contributed by atoms with Gasteiger partial charge in [-0.3, -0.25) is 24.6 Å². The molecule has 2 aliphatic heterocycles. The summed E-state index contributed by atoms with van der Waals surface area (Å²) >= 11 is 0. The number of amides is 2. The van der Waals surface area contributed by atoms with Crippen LogP contribution in [0.1, 0.15) is 6.92 Å². The van der Waals surface area contributed by atoms with Gasteiger partial charge in [0.25, 0.3) is 0 Å². The maximum atomic E-state index is 11.7. The van der Waals surface area contributed by atoms with Crippen molar-refractivity contribution in [3.63, 3.8) is 0 Å². The number of rotatable bonds is 1. The van der Waals surface area contributed by atoms with E-state index >= 15 is 0 Å². The molecule has 3 atom stereocenters. The van der Waals surface area contributed by atoms with E-state index in [1.54, 1.807) is 0 Å². The van der Waals surface area contributed by atoms with Gasteiger partial charge in [0.2, 0.25) is 11.8 Å². The Hall–Kier alpha value is -1.43. The standard InChI is InChI=1S/C9H12N2O4/c1-4(12)15-7-6-5(3-10-7)8(13)11(2)9(6)14/h5-7,10H,3H2,1-2H3/t5-,6-,7?/m0/s1. The van der Waals surface area contributed by atoms with Crippen molar-refractivity contribution in [2.75, 3.05) is 13.6 Å². The zero-order valence-electron chi connectivity index (χ0n) is 8.52. The van der Waals surface area contributed by atoms with Crippen molar-refractivity contribution < 1.29 is 19.1 Å². The molecular weight excluding hydrogens is 200 g/mol. The molecule has 0 aromatic carbocycles. The summed E-state index contributed by atoms with van der Waals surface area (Å²) < 4.78 is 4.94. The quantitative estimate of drug-likeness (QED) is 0.432. The Morgan fingerprint density at radius 2 is 2.13 bits per heavy atom. The first-order chi connectivity index (χ1) is 7.02. The second-order valence-corrected chi connectivity index (χ2v) is 3.81. The van der Waals surface area contributed by atoms with Crippen molar-refractivity contribution in [3.05, 3.63) is 0 Å². The molecule has 2 fully saturated rings. The van der Waals surface area contributed by atoms with E-state index in [9.17, 15) is 14.4 Å². The van der Waals surface area contributed by atoms with Crippen LogP contribution in [0.3, 0.4) is 0 Å². The van der Waals surface area contributed by atoms with Crippen molar-refractivity contribution in [1.82, 2.24) is 10.2 Å². The summed E-state index contributed by atoms with van der Waals surface area (Å²) in [7, 11) is 1.45. The first-order valence-electron chi connectivity index (χ1n) is 4.74. The molecule has 0 saturated carbocycles. The Morgan fingerprint density at radius 3 is 2.73 bits per heavy atom. The fourth-order valence-electron chi connectivity index (χ4n) is 2.13. The van der Waals surface area contributed by atoms with Gasteiger partial charge in [0.05, 0.1) is 5.92 Å². The number of nitrogens with zero attached hydrogens (tertiary/aromatic N) is 1. The van der Waals surface area contributed by atoms with Gasteiger partial charge in [-0.25, -0.2) is 0 Å². The normalized spacial score (nSPS) is 34.5. The zero-order chi connectivity index (χ0) is 11.2. The smallest absolute Gasteiger partial charge is 0.304 e. The summed E-state index contributed by atoms with van der Waals surface area (Å²) in [6.45, 7) is 1.66. The number of fused-ring (bicyclic) bond motifs is 1. The molecule has 1 unspecified atom stereocenters. The predicted molar refractivity (Wildman–Crippen MR) is 48.3 cm³/mol. The Labute approximate surface area is 86.6 Å². The molecule has 2 heterocycles. The summed E-state index contributed by atoms with van der Waals surface area (Å²) in [5.74, 6) is -1.87. The molecule has 0 aromatic heterocycles. The summed E-state index contributed by atoms with van der Waals surface area (Å²) in [6.07, 6.45) is -0.658. The van der Waals surface area contributed by atoms with E-state index in [0.29, 0.717) is 6.54 Å². The van der Waals surface area contributed by atoms with Crippen LogP contribution in [0.4, 0.5) is 0 Å². The van der Waals surface area contributed by atoms with Crippen molar-refractivity contribution in [2.24, 2.45) is 11.8 Å². The van der Waals surface area contributed by atoms with Gasteiger partial charge in [-0.15, -0.1) is 0 Å². The lowest BCUT2D eigenvalue weighted by molar-refractivity contribution is -0.152. The van der Waals surface area contributed by atoms with Crippen molar-refractivity contribution in [1.29, 1.82) is 0 Å². The number of hydrogen-bond acceptors (Lipinski definition) is 5. The van der Waals surface area contributed by atoms with Gasteiger partial charge in [0, 0.05) is 20.5 Å². The van der Waals surface area contributed by atoms with Crippen LogP contribution in [0, 0.1) is 11.8 Å². The molecular formula is C9H12N2O4. The molecule has 0 aliphatic carbocycles. The highest BCUT2D eigenvalue weighted by Crippen LogP contribution is 2.32. The van der Waals surface area contributed by atoms with Crippen LogP contribution in [0.2, 0.25) is 0 Å². The Morgan fingerprint density at radius 1 is 1.47 bits per heavy atom. The molecule has 2 rings (SSSR count). The second-order valence-electron chi connectivity index (χ2n) is 3.81. The van der Waals surface area contributed by atoms with Crippen LogP contribution in [0.25, 0.3) is 0 Å². The SMILES string of the molecule is CC(=O)OC1NC[C@@H]2C(=O)N(C)C(=O)[C@H]12. The number of ether oxygens (including phenoxy) is 1. The first kappa shape index (κ1) is 10.1. The van der Waals surface area contributed by atoms with Gasteiger partial charge < -0.3 is 4.74 Å². The van der Waals surface area contributed by atoms with Gasteiger partial charge in [0.1, 0.15) is 5.92 Å². The molecule has 2 aliphatic rings. The number of nitrogens with one attached hydrogen (secondary N) is 1. The summed E-state index contributed by atoms with van der Waals surface area (Å²) in [5, 5.41) is 2.86. The van der Waals surface area contributed by atoms with E-state index in [-0.39, 0.29) is 17.7 Å². The highest BCUT2D eigenvalue weighted by atomic mass is 16.6. The Balaban J connectivity index is 2.19. The van der Waals surface area contributed by atoms with E-state index in [2.05, 4.69) is 5.32 Å². The van der Waals surface area contributed by atoms with E-state index in [1.165, 1.54) is 14.0 Å². The zero-order valence-corrected chi connectivity index (χ0v) is 8.52. The minimum absolute atomic E-state index is 0.202. The van der Waals surface area contributed by atoms with Crippen molar-refractivity contribution >= 4 is 17.8 Å². The highest BCUT2D eigenvalue weighted by Gasteiger charge is 2.54. The first-order valence-corrected chi connectivity index (χ1v) is 4.74. The molecule has 6 heteroatoms. The molecule has 0 spiro atoms. The second kappa shape index (κ2) is 3.30. The summed E-state index contributed by atoms with van der Waals surface area (Å²) in [5.41, 5.74) is 0. The van der Waals surface area contributed by atoms with Crippen molar-refractivity contribution in [2.45, 2.75) is 13.2 Å². The lowest BCUT2D eigenvalue weighted by Crippen LogP contribution is -2.38. The lowest BCUT2D eigenvalue weighted by atomic mass is 9.98. The fraction of sp³-hybridized carbons (Fsp3) is 0.667. The van der Waals surface area contributed by atoms with E-state index in [0.717, 1.165) is 4.90 Å². The topological polar surface area (TPSA) is 75.7 Å². The van der Waals surface area contributed by atoms with Gasteiger partial charge in [-0.1, -0.05) is 0 Å². The summed E-state index contributed by atoms with van der Waals surface area (Å²) in [6, 6.07) is 0. The number of esters is 1.